The van der Waals surface area contributed by atoms with Crippen LogP contribution in [0.1, 0.15) is 11.7 Å². The zero-order valence-corrected chi connectivity index (χ0v) is 15.5. The number of H-pyrrole nitrogens is 1. The van der Waals surface area contributed by atoms with Crippen molar-refractivity contribution in [2.45, 2.75) is 6.10 Å². The van der Waals surface area contributed by atoms with E-state index in [-0.39, 0.29) is 5.02 Å². The summed E-state index contributed by atoms with van der Waals surface area (Å²) in [5, 5.41) is 17.6. The summed E-state index contributed by atoms with van der Waals surface area (Å²) >= 11 is 18.0. The lowest BCUT2D eigenvalue weighted by Gasteiger charge is -2.36. The first-order chi connectivity index (χ1) is 12.0. The summed E-state index contributed by atoms with van der Waals surface area (Å²) in [4.78, 5) is 15.7. The molecule has 1 aliphatic rings. The summed E-state index contributed by atoms with van der Waals surface area (Å²) in [6.45, 7) is 3.36. The van der Waals surface area contributed by atoms with Crippen LogP contribution < -0.4 is 10.5 Å². The molecule has 2 aromatic rings. The number of rotatable bonds is 4. The van der Waals surface area contributed by atoms with Gasteiger partial charge in [-0.15, -0.1) is 0 Å². The third-order valence-corrected chi connectivity index (χ3v) is 5.35. The summed E-state index contributed by atoms with van der Waals surface area (Å²) in [5.41, 5.74) is 0.977. The number of piperazine rings is 1. The molecule has 1 aromatic heterocycles. The summed E-state index contributed by atoms with van der Waals surface area (Å²) in [6, 6.07) is 5.14. The van der Waals surface area contributed by atoms with E-state index in [0.717, 1.165) is 18.7 Å². The van der Waals surface area contributed by atoms with Gasteiger partial charge in [-0.2, -0.15) is 5.10 Å². The van der Waals surface area contributed by atoms with Crippen molar-refractivity contribution in [2.24, 2.45) is 0 Å². The molecule has 0 bridgehead atoms. The number of aromatic nitrogens is 2. The quantitative estimate of drug-likeness (QED) is 0.821. The molecule has 1 fully saturated rings. The summed E-state index contributed by atoms with van der Waals surface area (Å²) in [7, 11) is 0. The molecule has 2 heterocycles. The number of nitrogens with zero attached hydrogens (tertiary/aromatic N) is 3. The van der Waals surface area contributed by atoms with E-state index in [1.807, 2.05) is 4.90 Å². The molecule has 0 spiro atoms. The van der Waals surface area contributed by atoms with Crippen LogP contribution >= 0.6 is 34.8 Å². The van der Waals surface area contributed by atoms with Crippen molar-refractivity contribution in [3.8, 4) is 0 Å². The number of nitrogens with one attached hydrogen (secondary N) is 1. The van der Waals surface area contributed by atoms with Gasteiger partial charge < -0.3 is 10.0 Å². The van der Waals surface area contributed by atoms with E-state index in [0.29, 0.717) is 35.4 Å². The van der Waals surface area contributed by atoms with E-state index in [2.05, 4.69) is 15.1 Å². The molecule has 1 aromatic carbocycles. The van der Waals surface area contributed by atoms with Gasteiger partial charge in [0.05, 0.1) is 28.0 Å². The molecule has 1 atom stereocenters. The largest absolute Gasteiger partial charge is 0.387 e. The van der Waals surface area contributed by atoms with E-state index >= 15 is 0 Å². The average molecular weight is 404 g/mol. The molecule has 1 unspecified atom stereocenters. The van der Waals surface area contributed by atoms with Crippen molar-refractivity contribution in [1.82, 2.24) is 15.1 Å². The van der Waals surface area contributed by atoms with Gasteiger partial charge in [0.25, 0.3) is 5.56 Å². The average Bonchev–Trinajstić information content (AvgIpc) is 2.60. The van der Waals surface area contributed by atoms with Gasteiger partial charge in [-0.1, -0.05) is 40.9 Å². The number of hydrogen-bond acceptors (Lipinski definition) is 5. The zero-order valence-electron chi connectivity index (χ0n) is 13.3. The first-order valence-corrected chi connectivity index (χ1v) is 8.92. The number of β-amino-alcohol motifs (C(OH)–C–C–N with tert-alkyl or cyclic N) is 1. The van der Waals surface area contributed by atoms with Gasteiger partial charge in [0.15, 0.2) is 0 Å². The molecule has 3 rings (SSSR count). The first-order valence-electron chi connectivity index (χ1n) is 7.79. The maximum absolute atomic E-state index is 11.6. The highest BCUT2D eigenvalue weighted by molar-refractivity contribution is 6.42. The van der Waals surface area contributed by atoms with Crippen molar-refractivity contribution in [2.75, 3.05) is 37.6 Å². The van der Waals surface area contributed by atoms with Crippen LogP contribution in [0.25, 0.3) is 0 Å². The van der Waals surface area contributed by atoms with Crippen molar-refractivity contribution >= 4 is 40.5 Å². The second kappa shape index (κ2) is 7.93. The minimum Gasteiger partial charge on any atom is -0.387 e. The van der Waals surface area contributed by atoms with Crippen LogP contribution in [0.5, 0.6) is 0 Å². The monoisotopic (exact) mass is 402 g/mol. The smallest absolute Gasteiger partial charge is 0.285 e. The fourth-order valence-corrected chi connectivity index (χ4v) is 3.35. The molecule has 2 N–H and O–H groups in total. The molecule has 1 saturated heterocycles. The highest BCUT2D eigenvalue weighted by atomic mass is 35.5. The minimum absolute atomic E-state index is 0.152. The van der Waals surface area contributed by atoms with Gasteiger partial charge in [0.1, 0.15) is 5.02 Å². The number of aromatic amines is 1. The fraction of sp³-hybridized carbons (Fsp3) is 0.375. The van der Waals surface area contributed by atoms with Crippen molar-refractivity contribution < 1.29 is 5.11 Å². The Morgan fingerprint density at radius 3 is 2.56 bits per heavy atom. The number of benzene rings is 1. The Hall–Kier alpha value is -1.31. The highest BCUT2D eigenvalue weighted by Gasteiger charge is 2.22. The molecule has 0 aliphatic carbocycles. The van der Waals surface area contributed by atoms with Crippen molar-refractivity contribution in [1.29, 1.82) is 0 Å². The van der Waals surface area contributed by atoms with Gasteiger partial charge in [-0.25, -0.2) is 5.10 Å². The van der Waals surface area contributed by atoms with Crippen LogP contribution in [0.4, 0.5) is 5.69 Å². The lowest BCUT2D eigenvalue weighted by Crippen LogP contribution is -2.48. The highest BCUT2D eigenvalue weighted by Crippen LogP contribution is 2.27. The van der Waals surface area contributed by atoms with Crippen molar-refractivity contribution in [3.05, 3.63) is 55.4 Å². The van der Waals surface area contributed by atoms with E-state index in [1.54, 1.807) is 24.4 Å². The summed E-state index contributed by atoms with van der Waals surface area (Å²) in [5.74, 6) is 0. The van der Waals surface area contributed by atoms with Gasteiger partial charge >= 0.3 is 0 Å². The van der Waals surface area contributed by atoms with E-state index in [4.69, 9.17) is 34.8 Å². The van der Waals surface area contributed by atoms with Crippen LogP contribution in [0, 0.1) is 0 Å². The number of aliphatic hydroxyl groups is 1. The molecular formula is C16H17Cl3N4O2. The molecule has 0 radical (unpaired) electrons. The molecule has 0 amide bonds. The van der Waals surface area contributed by atoms with E-state index in [1.165, 1.54) is 0 Å². The molecule has 25 heavy (non-hydrogen) atoms. The Morgan fingerprint density at radius 1 is 1.16 bits per heavy atom. The Balaban J connectivity index is 1.59. The Bertz CT molecular complexity index is 806. The Labute approximate surface area is 159 Å². The maximum atomic E-state index is 11.6. The third-order valence-electron chi connectivity index (χ3n) is 4.25. The van der Waals surface area contributed by atoms with Crippen LogP contribution in [0.3, 0.4) is 0 Å². The minimum atomic E-state index is -0.647. The number of anilines is 1. The molecule has 9 heteroatoms. The van der Waals surface area contributed by atoms with E-state index in [9.17, 15) is 9.90 Å². The normalized spacial score (nSPS) is 16.9. The lowest BCUT2D eigenvalue weighted by atomic mass is 10.1. The SMILES string of the molecule is O=c1[nH]ncc(N2CCN(CC(O)c3ccc(Cl)c(Cl)c3)CC2)c1Cl. The van der Waals surface area contributed by atoms with Gasteiger partial charge in [0, 0.05) is 32.7 Å². The van der Waals surface area contributed by atoms with Crippen LogP contribution in [0.15, 0.2) is 29.2 Å². The molecule has 134 valence electrons. The van der Waals surface area contributed by atoms with Crippen LogP contribution in [-0.2, 0) is 0 Å². The molecular weight excluding hydrogens is 387 g/mol. The second-order valence-corrected chi connectivity index (χ2v) is 7.07. The maximum Gasteiger partial charge on any atom is 0.285 e. The number of hydrogen-bond donors (Lipinski definition) is 2. The first kappa shape index (κ1) is 18.5. The predicted octanol–water partition coefficient (Wildman–Crippen LogP) is 2.59. The fourth-order valence-electron chi connectivity index (χ4n) is 2.84. The summed E-state index contributed by atoms with van der Waals surface area (Å²) < 4.78 is 0. The molecule has 0 saturated carbocycles. The predicted molar refractivity (Wildman–Crippen MR) is 99.9 cm³/mol. The number of halogens is 3. The summed E-state index contributed by atoms with van der Waals surface area (Å²) in [6.07, 6.45) is 0.912. The Morgan fingerprint density at radius 2 is 1.88 bits per heavy atom. The number of aliphatic hydroxyl groups excluding tert-OH is 1. The van der Waals surface area contributed by atoms with Crippen molar-refractivity contribution in [3.63, 3.8) is 0 Å². The second-order valence-electron chi connectivity index (χ2n) is 5.88. The molecule has 6 nitrogen and oxygen atoms in total. The Kier molecular flexibility index (Phi) is 5.86. The third kappa shape index (κ3) is 4.27. The van der Waals surface area contributed by atoms with Crippen LogP contribution in [0.2, 0.25) is 15.1 Å². The van der Waals surface area contributed by atoms with E-state index < -0.39 is 11.7 Å². The zero-order chi connectivity index (χ0) is 18.0. The van der Waals surface area contributed by atoms with Gasteiger partial charge in [-0.3, -0.25) is 9.69 Å². The topological polar surface area (TPSA) is 72.5 Å². The lowest BCUT2D eigenvalue weighted by molar-refractivity contribution is 0.109. The van der Waals surface area contributed by atoms with Crippen LogP contribution in [-0.4, -0.2) is 52.9 Å². The molecule has 1 aliphatic heterocycles. The van der Waals surface area contributed by atoms with Gasteiger partial charge in [-0.05, 0) is 17.7 Å². The van der Waals surface area contributed by atoms with Gasteiger partial charge in [0.2, 0.25) is 0 Å². The standard InChI is InChI=1S/C16H17Cl3N4O2/c17-11-2-1-10(7-12(11)18)14(24)9-22-3-5-23(6-4-22)13-8-20-21-16(25)15(13)19/h1-2,7-8,14,24H,3-6,9H2,(H,21,25).